The monoisotopic (exact) mass is 497 g/mol. The molecule has 1 aliphatic heterocycles. The fourth-order valence-electron chi connectivity index (χ4n) is 4.52. The van der Waals surface area contributed by atoms with E-state index >= 15 is 0 Å². The summed E-state index contributed by atoms with van der Waals surface area (Å²) < 4.78 is 20.5. The molecule has 0 radical (unpaired) electrons. The summed E-state index contributed by atoms with van der Waals surface area (Å²) in [7, 11) is 1.51. The van der Waals surface area contributed by atoms with E-state index < -0.39 is 6.04 Å². The largest absolute Gasteiger partial charge is 0.380 e. The van der Waals surface area contributed by atoms with E-state index in [0.717, 1.165) is 31.6 Å². The van der Waals surface area contributed by atoms with Crippen LogP contribution in [-0.2, 0) is 16.1 Å². The molecule has 8 heteroatoms. The number of methoxy groups -OCH3 is 1. The second kappa shape index (κ2) is 11.6. The Morgan fingerprint density at radius 1 is 1.17 bits per heavy atom. The van der Waals surface area contributed by atoms with Crippen LogP contribution in [0.5, 0.6) is 0 Å². The number of benzene rings is 2. The van der Waals surface area contributed by atoms with Gasteiger partial charge in [-0.05, 0) is 49.6 Å². The first-order valence-corrected chi connectivity index (χ1v) is 13.0. The molecule has 4 rings (SSSR count). The quantitative estimate of drug-likeness (QED) is 0.376. The minimum Gasteiger partial charge on any atom is -0.380 e. The fourth-order valence-corrected chi connectivity index (χ4v) is 5.64. The van der Waals surface area contributed by atoms with Crippen LogP contribution in [0.3, 0.4) is 0 Å². The highest BCUT2D eigenvalue weighted by Gasteiger charge is 2.26. The van der Waals surface area contributed by atoms with Gasteiger partial charge in [-0.15, -0.1) is 11.3 Å². The summed E-state index contributed by atoms with van der Waals surface area (Å²) in [5, 5.41) is 6.29. The summed E-state index contributed by atoms with van der Waals surface area (Å²) in [6.07, 6.45) is 4.55. The molecule has 1 atom stereocenters. The van der Waals surface area contributed by atoms with E-state index in [-0.39, 0.29) is 24.2 Å². The normalized spacial score (nSPS) is 14.3. The van der Waals surface area contributed by atoms with Crippen LogP contribution in [0.2, 0.25) is 0 Å². The van der Waals surface area contributed by atoms with Gasteiger partial charge in [0.15, 0.2) is 0 Å². The zero-order chi connectivity index (χ0) is 24.8. The number of nitrogens with one attached hydrogen (secondary N) is 2. The van der Waals surface area contributed by atoms with Crippen molar-refractivity contribution in [3.8, 4) is 0 Å². The molecule has 186 valence electrons. The second-order valence-corrected chi connectivity index (χ2v) is 9.91. The van der Waals surface area contributed by atoms with E-state index in [1.807, 2.05) is 25.1 Å². The minimum absolute atomic E-state index is 0.110. The summed E-state index contributed by atoms with van der Waals surface area (Å²) in [5.74, 6) is -1.03. The number of fused-ring (bicyclic) bond motifs is 1. The number of thiophene rings is 1. The third-order valence-electron chi connectivity index (χ3n) is 6.31. The molecular formula is C27H32FN3O3S. The molecule has 2 heterocycles. The average molecular weight is 498 g/mol. The number of carbonyl (C=O) groups excluding carboxylic acids is 2. The van der Waals surface area contributed by atoms with Crippen LogP contribution in [0.15, 0.2) is 42.5 Å². The van der Waals surface area contributed by atoms with Crippen molar-refractivity contribution in [2.24, 2.45) is 0 Å². The van der Waals surface area contributed by atoms with Gasteiger partial charge in [0.2, 0.25) is 5.91 Å². The van der Waals surface area contributed by atoms with Crippen LogP contribution >= 0.6 is 11.3 Å². The average Bonchev–Trinajstić information content (AvgIpc) is 3.51. The maximum atomic E-state index is 14.5. The number of amides is 2. The van der Waals surface area contributed by atoms with Crippen molar-refractivity contribution in [2.45, 2.75) is 51.7 Å². The number of hydrogen-bond donors (Lipinski definition) is 2. The Morgan fingerprint density at radius 3 is 2.69 bits per heavy atom. The van der Waals surface area contributed by atoms with Gasteiger partial charge in [-0.2, -0.15) is 0 Å². The highest BCUT2D eigenvalue weighted by atomic mass is 32.1. The number of anilines is 2. The van der Waals surface area contributed by atoms with Crippen molar-refractivity contribution in [2.75, 3.05) is 30.4 Å². The van der Waals surface area contributed by atoms with Gasteiger partial charge < -0.3 is 20.3 Å². The highest BCUT2D eigenvalue weighted by molar-refractivity contribution is 7.21. The van der Waals surface area contributed by atoms with Crippen LogP contribution in [0.4, 0.5) is 15.8 Å². The molecule has 1 saturated heterocycles. The molecule has 0 spiro atoms. The Balaban J connectivity index is 1.54. The molecule has 2 amide bonds. The zero-order valence-electron chi connectivity index (χ0n) is 20.2. The van der Waals surface area contributed by atoms with Gasteiger partial charge >= 0.3 is 0 Å². The Morgan fingerprint density at radius 2 is 1.94 bits per heavy atom. The van der Waals surface area contributed by atoms with Crippen LogP contribution in [-0.4, -0.2) is 38.1 Å². The maximum Gasteiger partial charge on any atom is 0.262 e. The van der Waals surface area contributed by atoms with Gasteiger partial charge in [0.25, 0.3) is 5.91 Å². The standard InChI is InChI=1S/C27H32FN3O3S/c1-3-4-12-22(26(32)29-18-9-7-10-19(16-18)31-14-5-6-15-31)30-27(33)25-20(17-34-2)24-21(28)11-8-13-23(24)35-25/h7-11,13,16,22H,3-6,12,14-15,17H2,1-2H3,(H,29,32)(H,30,33). The first-order valence-electron chi connectivity index (χ1n) is 12.2. The Hall–Kier alpha value is -2.97. The van der Waals surface area contributed by atoms with Gasteiger partial charge in [-0.1, -0.05) is 31.9 Å². The van der Waals surface area contributed by atoms with E-state index in [4.69, 9.17) is 4.74 Å². The molecule has 0 bridgehead atoms. The van der Waals surface area contributed by atoms with E-state index in [2.05, 4.69) is 21.6 Å². The van der Waals surface area contributed by atoms with Gasteiger partial charge in [-0.25, -0.2) is 4.39 Å². The molecule has 1 aliphatic rings. The van der Waals surface area contributed by atoms with E-state index in [1.165, 1.54) is 37.4 Å². The molecule has 0 saturated carbocycles. The van der Waals surface area contributed by atoms with Gasteiger partial charge in [0.05, 0.1) is 11.5 Å². The predicted octanol–water partition coefficient (Wildman–Crippen LogP) is 5.71. The molecule has 1 fully saturated rings. The molecule has 6 nitrogen and oxygen atoms in total. The maximum absolute atomic E-state index is 14.5. The van der Waals surface area contributed by atoms with Crippen LogP contribution in [0.1, 0.15) is 54.3 Å². The first-order chi connectivity index (χ1) is 17.0. The third kappa shape index (κ3) is 5.82. The highest BCUT2D eigenvalue weighted by Crippen LogP contribution is 2.34. The van der Waals surface area contributed by atoms with Crippen molar-refractivity contribution in [1.29, 1.82) is 0 Å². The summed E-state index contributed by atoms with van der Waals surface area (Å²) in [5.41, 5.74) is 2.31. The molecule has 35 heavy (non-hydrogen) atoms. The summed E-state index contributed by atoms with van der Waals surface area (Å²) in [6.45, 7) is 4.19. The topological polar surface area (TPSA) is 70.7 Å². The molecule has 1 unspecified atom stereocenters. The van der Waals surface area contributed by atoms with E-state index in [0.29, 0.717) is 32.6 Å². The Bertz CT molecular complexity index is 1190. The molecule has 3 aromatic rings. The van der Waals surface area contributed by atoms with E-state index in [1.54, 1.807) is 12.1 Å². The number of carbonyl (C=O) groups is 2. The molecule has 0 aliphatic carbocycles. The Labute approximate surface area is 209 Å². The minimum atomic E-state index is -0.705. The number of rotatable bonds is 10. The van der Waals surface area contributed by atoms with E-state index in [9.17, 15) is 14.0 Å². The lowest BCUT2D eigenvalue weighted by atomic mass is 10.1. The van der Waals surface area contributed by atoms with Gasteiger partial charge in [0.1, 0.15) is 11.9 Å². The fraction of sp³-hybridized carbons (Fsp3) is 0.407. The van der Waals surface area contributed by atoms with Crippen molar-refractivity contribution < 1.29 is 18.7 Å². The third-order valence-corrected chi connectivity index (χ3v) is 7.51. The van der Waals surface area contributed by atoms with Crippen LogP contribution in [0.25, 0.3) is 10.1 Å². The summed E-state index contributed by atoms with van der Waals surface area (Å²) >= 11 is 1.21. The molecule has 2 aromatic carbocycles. The summed E-state index contributed by atoms with van der Waals surface area (Å²) in [4.78, 5) is 29.2. The molecule has 2 N–H and O–H groups in total. The number of nitrogens with zero attached hydrogens (tertiary/aromatic N) is 1. The van der Waals surface area contributed by atoms with Crippen molar-refractivity contribution in [3.05, 3.63) is 58.7 Å². The van der Waals surface area contributed by atoms with Crippen LogP contribution in [0, 0.1) is 5.82 Å². The molecular weight excluding hydrogens is 465 g/mol. The first kappa shape index (κ1) is 25.1. The van der Waals surface area contributed by atoms with Gasteiger partial charge in [0, 0.05) is 47.2 Å². The smallest absolute Gasteiger partial charge is 0.262 e. The summed E-state index contributed by atoms with van der Waals surface area (Å²) in [6, 6.07) is 11.9. The lowest BCUT2D eigenvalue weighted by Gasteiger charge is -2.21. The number of halogens is 1. The number of unbranched alkanes of at least 4 members (excludes halogenated alkanes) is 1. The lowest BCUT2D eigenvalue weighted by molar-refractivity contribution is -0.118. The molecule has 1 aromatic heterocycles. The number of hydrogen-bond acceptors (Lipinski definition) is 5. The second-order valence-electron chi connectivity index (χ2n) is 8.86. The van der Waals surface area contributed by atoms with Crippen molar-refractivity contribution in [1.82, 2.24) is 5.32 Å². The van der Waals surface area contributed by atoms with Crippen molar-refractivity contribution >= 4 is 44.6 Å². The van der Waals surface area contributed by atoms with Crippen molar-refractivity contribution in [3.63, 3.8) is 0 Å². The zero-order valence-corrected chi connectivity index (χ0v) is 21.1. The number of ether oxygens (including phenoxy) is 1. The van der Waals surface area contributed by atoms with Crippen LogP contribution < -0.4 is 15.5 Å². The van der Waals surface area contributed by atoms with Gasteiger partial charge in [-0.3, -0.25) is 9.59 Å². The lowest BCUT2D eigenvalue weighted by Crippen LogP contribution is -2.43. The predicted molar refractivity (Wildman–Crippen MR) is 140 cm³/mol. The Kier molecular flexibility index (Phi) is 8.36. The SMILES string of the molecule is CCCCC(NC(=O)c1sc2cccc(F)c2c1COC)C(=O)Nc1cccc(N2CCCC2)c1.